The van der Waals surface area contributed by atoms with Crippen LogP contribution in [0.5, 0.6) is 5.75 Å². The van der Waals surface area contributed by atoms with Gasteiger partial charge < -0.3 is 9.47 Å². The first kappa shape index (κ1) is 13.9. The fraction of sp³-hybridized carbons (Fsp3) is 0.333. The number of aryl methyl sites for hydroxylation is 1. The molecule has 0 aliphatic rings. The molecule has 1 rings (SSSR count). The molecule has 96 valence electrons. The molecule has 0 aromatic heterocycles. The molecular formula is C12H11F2NO3. The third-order valence-electron chi connectivity index (χ3n) is 2.15. The third kappa shape index (κ3) is 3.17. The zero-order chi connectivity index (χ0) is 13.7. The van der Waals surface area contributed by atoms with E-state index in [1.54, 1.807) is 6.92 Å². The molecule has 0 aliphatic heterocycles. The Morgan fingerprint density at radius 2 is 2.17 bits per heavy atom. The van der Waals surface area contributed by atoms with Gasteiger partial charge in [-0.05, 0) is 31.5 Å². The Balaban J connectivity index is 3.22. The number of carbonyl (C=O) groups excluding carboxylic acids is 1. The van der Waals surface area contributed by atoms with E-state index in [0.717, 1.165) is 6.07 Å². The number of ether oxygens (including phenoxy) is 2. The fourth-order valence-corrected chi connectivity index (χ4v) is 1.38. The van der Waals surface area contributed by atoms with Gasteiger partial charge in [0.1, 0.15) is 11.8 Å². The first-order chi connectivity index (χ1) is 8.49. The van der Waals surface area contributed by atoms with Gasteiger partial charge in [0, 0.05) is 0 Å². The number of rotatable bonds is 4. The van der Waals surface area contributed by atoms with Crippen molar-refractivity contribution in [2.24, 2.45) is 0 Å². The molecule has 0 aliphatic carbocycles. The van der Waals surface area contributed by atoms with Crippen LogP contribution in [-0.2, 0) is 4.74 Å². The van der Waals surface area contributed by atoms with Crippen LogP contribution in [0.15, 0.2) is 12.1 Å². The molecule has 4 nitrogen and oxygen atoms in total. The molecule has 0 unspecified atom stereocenters. The number of esters is 1. The maximum atomic E-state index is 12.2. The summed E-state index contributed by atoms with van der Waals surface area (Å²) in [6.45, 7) is 0.247. The molecule has 0 heterocycles. The van der Waals surface area contributed by atoms with Crippen molar-refractivity contribution >= 4 is 5.97 Å². The molecular weight excluding hydrogens is 244 g/mol. The van der Waals surface area contributed by atoms with Crippen LogP contribution < -0.4 is 4.74 Å². The monoisotopic (exact) mass is 255 g/mol. The predicted octanol–water partition coefficient (Wildman–Crippen LogP) is 2.64. The Kier molecular flexibility index (Phi) is 4.60. The Morgan fingerprint density at radius 1 is 1.50 bits per heavy atom. The number of nitriles is 1. The van der Waals surface area contributed by atoms with Crippen LogP contribution in [0.3, 0.4) is 0 Å². The number of hydrogen-bond donors (Lipinski definition) is 0. The molecule has 0 fully saturated rings. The smallest absolute Gasteiger partial charge is 0.387 e. The van der Waals surface area contributed by atoms with E-state index in [2.05, 4.69) is 4.74 Å². The van der Waals surface area contributed by atoms with Crippen LogP contribution in [-0.4, -0.2) is 19.2 Å². The highest BCUT2D eigenvalue weighted by Crippen LogP contribution is 2.25. The van der Waals surface area contributed by atoms with Gasteiger partial charge in [-0.25, -0.2) is 4.79 Å². The van der Waals surface area contributed by atoms with Crippen LogP contribution in [0.1, 0.15) is 28.4 Å². The maximum Gasteiger partial charge on any atom is 0.387 e. The van der Waals surface area contributed by atoms with E-state index in [9.17, 15) is 13.6 Å². The second-order valence-corrected chi connectivity index (χ2v) is 3.37. The number of alkyl halides is 2. The molecule has 0 atom stereocenters. The number of hydrogen-bond acceptors (Lipinski definition) is 4. The minimum Gasteiger partial charge on any atom is -0.462 e. The molecule has 0 spiro atoms. The summed E-state index contributed by atoms with van der Waals surface area (Å²) in [5, 5.41) is 8.89. The minimum atomic E-state index is -2.99. The summed E-state index contributed by atoms with van der Waals surface area (Å²) in [7, 11) is 0. The number of carbonyl (C=O) groups is 1. The lowest BCUT2D eigenvalue weighted by atomic mass is 10.0. The summed E-state index contributed by atoms with van der Waals surface area (Å²) in [5.74, 6) is -0.889. The summed E-state index contributed by atoms with van der Waals surface area (Å²) in [5.41, 5.74) is 0.327. The molecule has 0 radical (unpaired) electrons. The fourth-order valence-electron chi connectivity index (χ4n) is 1.38. The van der Waals surface area contributed by atoms with Crippen LogP contribution in [0.25, 0.3) is 0 Å². The lowest BCUT2D eigenvalue weighted by Crippen LogP contribution is -2.10. The topological polar surface area (TPSA) is 59.3 Å². The van der Waals surface area contributed by atoms with Gasteiger partial charge in [0.2, 0.25) is 0 Å². The highest BCUT2D eigenvalue weighted by atomic mass is 19.3. The van der Waals surface area contributed by atoms with Gasteiger partial charge in [0.25, 0.3) is 0 Å². The molecule has 0 saturated carbocycles. The summed E-state index contributed by atoms with van der Waals surface area (Å²) >= 11 is 0. The predicted molar refractivity (Wildman–Crippen MR) is 58.5 cm³/mol. The molecule has 0 bridgehead atoms. The van der Waals surface area contributed by atoms with E-state index in [1.807, 2.05) is 6.07 Å². The van der Waals surface area contributed by atoms with Crippen molar-refractivity contribution in [2.45, 2.75) is 20.5 Å². The average molecular weight is 255 g/mol. The van der Waals surface area contributed by atoms with Crippen molar-refractivity contribution in [1.29, 1.82) is 5.26 Å². The van der Waals surface area contributed by atoms with E-state index in [0.29, 0.717) is 5.56 Å². The first-order valence-corrected chi connectivity index (χ1v) is 5.16. The Labute approximate surface area is 103 Å². The van der Waals surface area contributed by atoms with Crippen molar-refractivity contribution in [3.8, 4) is 11.8 Å². The summed E-state index contributed by atoms with van der Waals surface area (Å²) in [6, 6.07) is 4.22. The lowest BCUT2D eigenvalue weighted by Gasteiger charge is -2.11. The first-order valence-electron chi connectivity index (χ1n) is 5.16. The van der Waals surface area contributed by atoms with Crippen LogP contribution >= 0.6 is 0 Å². The van der Waals surface area contributed by atoms with Crippen LogP contribution in [0.4, 0.5) is 8.78 Å². The second kappa shape index (κ2) is 5.96. The number of halogens is 2. The van der Waals surface area contributed by atoms with Gasteiger partial charge >= 0.3 is 12.6 Å². The van der Waals surface area contributed by atoms with Crippen molar-refractivity contribution in [3.05, 3.63) is 28.8 Å². The summed E-state index contributed by atoms with van der Waals surface area (Å²) in [4.78, 5) is 11.6. The van der Waals surface area contributed by atoms with Gasteiger partial charge in [-0.3, -0.25) is 0 Å². The highest BCUT2D eigenvalue weighted by molar-refractivity contribution is 5.93. The van der Waals surface area contributed by atoms with Crippen molar-refractivity contribution < 1.29 is 23.0 Å². The van der Waals surface area contributed by atoms with Gasteiger partial charge in [0.05, 0.1) is 17.7 Å². The normalized spacial score (nSPS) is 10.0. The Hall–Kier alpha value is -2.16. The third-order valence-corrected chi connectivity index (χ3v) is 2.15. The van der Waals surface area contributed by atoms with E-state index in [4.69, 9.17) is 10.00 Å². The minimum absolute atomic E-state index is 0.0626. The van der Waals surface area contributed by atoms with E-state index in [-0.39, 0.29) is 23.5 Å². The maximum absolute atomic E-state index is 12.2. The summed E-state index contributed by atoms with van der Waals surface area (Å²) < 4.78 is 33.3. The molecule has 1 aromatic rings. The SMILES string of the molecule is CCOC(=O)c1cc(OC(F)F)c(C)cc1C#N. The van der Waals surface area contributed by atoms with Crippen molar-refractivity contribution in [3.63, 3.8) is 0 Å². The molecule has 6 heteroatoms. The Morgan fingerprint density at radius 3 is 2.67 bits per heavy atom. The van der Waals surface area contributed by atoms with E-state index < -0.39 is 12.6 Å². The zero-order valence-corrected chi connectivity index (χ0v) is 9.87. The number of benzene rings is 1. The average Bonchev–Trinajstić information content (AvgIpc) is 2.30. The summed E-state index contributed by atoms with van der Waals surface area (Å²) in [6.07, 6.45) is 0. The lowest BCUT2D eigenvalue weighted by molar-refractivity contribution is -0.0503. The number of nitrogens with zero attached hydrogens (tertiary/aromatic N) is 1. The Bertz CT molecular complexity index is 495. The largest absolute Gasteiger partial charge is 0.462 e. The zero-order valence-electron chi connectivity index (χ0n) is 9.87. The molecule has 0 amide bonds. The standard InChI is InChI=1S/C12H11F2NO3/c1-3-17-11(16)9-5-10(18-12(13)14)7(2)4-8(9)6-15/h4-5,12H,3H2,1-2H3. The molecule has 0 N–H and O–H groups in total. The molecule has 0 saturated heterocycles. The molecule has 18 heavy (non-hydrogen) atoms. The van der Waals surface area contributed by atoms with E-state index in [1.165, 1.54) is 13.0 Å². The van der Waals surface area contributed by atoms with Crippen molar-refractivity contribution in [2.75, 3.05) is 6.61 Å². The second-order valence-electron chi connectivity index (χ2n) is 3.37. The van der Waals surface area contributed by atoms with Gasteiger partial charge in [0.15, 0.2) is 0 Å². The highest BCUT2D eigenvalue weighted by Gasteiger charge is 2.17. The van der Waals surface area contributed by atoms with Gasteiger partial charge in [-0.1, -0.05) is 0 Å². The van der Waals surface area contributed by atoms with Crippen molar-refractivity contribution in [1.82, 2.24) is 0 Å². The molecule has 1 aromatic carbocycles. The van der Waals surface area contributed by atoms with Crippen LogP contribution in [0, 0.1) is 18.3 Å². The van der Waals surface area contributed by atoms with Crippen LogP contribution in [0.2, 0.25) is 0 Å². The quantitative estimate of drug-likeness (QED) is 0.776. The van der Waals surface area contributed by atoms with Gasteiger partial charge in [-0.2, -0.15) is 14.0 Å². The van der Waals surface area contributed by atoms with Gasteiger partial charge in [-0.15, -0.1) is 0 Å². The van der Waals surface area contributed by atoms with E-state index >= 15 is 0 Å².